The number of hydrogen-bond donors (Lipinski definition) is 1. The van der Waals surface area contributed by atoms with Crippen molar-refractivity contribution in [1.82, 2.24) is 4.83 Å². The monoisotopic (exact) mass is 522 g/mol. The van der Waals surface area contributed by atoms with E-state index in [9.17, 15) is 8.42 Å². The standard InChI is InChI=1S/C20H16Br2N2O3S/c21-17-6-4-5-15(11-17)14-27-20-10-9-18(22)12-16(20)13-23-24-28(25,26)19-7-2-1-3-8-19/h1-13,24H,14H2/b23-13-. The van der Waals surface area contributed by atoms with Gasteiger partial charge in [0.1, 0.15) is 12.4 Å². The summed E-state index contributed by atoms with van der Waals surface area (Å²) >= 11 is 6.84. The van der Waals surface area contributed by atoms with Crippen molar-refractivity contribution in [2.75, 3.05) is 0 Å². The predicted molar refractivity (Wildman–Crippen MR) is 117 cm³/mol. The molecular formula is C20H16Br2N2O3S. The summed E-state index contributed by atoms with van der Waals surface area (Å²) in [7, 11) is -3.72. The Labute approximate surface area is 180 Å². The van der Waals surface area contributed by atoms with E-state index in [4.69, 9.17) is 4.74 Å². The van der Waals surface area contributed by atoms with E-state index in [0.717, 1.165) is 14.5 Å². The van der Waals surface area contributed by atoms with Crippen LogP contribution in [0.1, 0.15) is 11.1 Å². The van der Waals surface area contributed by atoms with E-state index in [1.54, 1.807) is 30.3 Å². The number of hydrogen-bond acceptors (Lipinski definition) is 4. The smallest absolute Gasteiger partial charge is 0.276 e. The maximum absolute atomic E-state index is 12.2. The van der Waals surface area contributed by atoms with Gasteiger partial charge in [0.2, 0.25) is 0 Å². The van der Waals surface area contributed by atoms with Crippen LogP contribution in [0.4, 0.5) is 0 Å². The molecule has 1 N–H and O–H groups in total. The summed E-state index contributed by atoms with van der Waals surface area (Å²) in [6.07, 6.45) is 1.42. The first-order valence-electron chi connectivity index (χ1n) is 8.21. The molecule has 8 heteroatoms. The first kappa shape index (κ1) is 20.6. The lowest BCUT2D eigenvalue weighted by molar-refractivity contribution is 0.305. The highest BCUT2D eigenvalue weighted by Crippen LogP contribution is 2.23. The molecule has 0 heterocycles. The molecule has 0 aliphatic carbocycles. The predicted octanol–water partition coefficient (Wildman–Crippen LogP) is 5.10. The third-order valence-electron chi connectivity index (χ3n) is 3.69. The summed E-state index contributed by atoms with van der Waals surface area (Å²) in [6, 6.07) is 21.3. The van der Waals surface area contributed by atoms with Crippen LogP contribution < -0.4 is 9.57 Å². The molecule has 3 rings (SSSR count). The molecule has 0 spiro atoms. The zero-order chi connectivity index (χ0) is 20.0. The fourth-order valence-corrected chi connectivity index (χ4v) is 3.99. The molecule has 0 atom stereocenters. The molecule has 0 radical (unpaired) electrons. The Bertz CT molecular complexity index is 1090. The Kier molecular flexibility index (Phi) is 6.88. The lowest BCUT2D eigenvalue weighted by atomic mass is 10.2. The molecule has 28 heavy (non-hydrogen) atoms. The highest BCUT2D eigenvalue weighted by Gasteiger charge is 2.11. The number of sulfonamides is 1. The van der Waals surface area contributed by atoms with Crippen LogP contribution in [0.3, 0.4) is 0 Å². The summed E-state index contributed by atoms with van der Waals surface area (Å²) in [6.45, 7) is 0.373. The number of nitrogens with zero attached hydrogens (tertiary/aromatic N) is 1. The third kappa shape index (κ3) is 5.67. The van der Waals surface area contributed by atoms with Crippen molar-refractivity contribution in [3.05, 3.63) is 92.9 Å². The van der Waals surface area contributed by atoms with E-state index < -0.39 is 10.0 Å². The van der Waals surface area contributed by atoms with Gasteiger partial charge < -0.3 is 4.74 Å². The molecule has 3 aromatic carbocycles. The van der Waals surface area contributed by atoms with Gasteiger partial charge in [-0.1, -0.05) is 62.2 Å². The molecule has 0 aliphatic rings. The van der Waals surface area contributed by atoms with Gasteiger partial charge in [0, 0.05) is 14.5 Å². The Morgan fingerprint density at radius 1 is 0.929 bits per heavy atom. The topological polar surface area (TPSA) is 67.8 Å². The van der Waals surface area contributed by atoms with Gasteiger partial charge in [-0.15, -0.1) is 0 Å². The Balaban J connectivity index is 1.74. The third-order valence-corrected chi connectivity index (χ3v) is 5.91. The van der Waals surface area contributed by atoms with E-state index in [-0.39, 0.29) is 4.90 Å². The molecule has 0 saturated heterocycles. The molecule has 0 aromatic heterocycles. The maximum atomic E-state index is 12.2. The van der Waals surface area contributed by atoms with E-state index in [0.29, 0.717) is 17.9 Å². The van der Waals surface area contributed by atoms with Crippen molar-refractivity contribution in [2.45, 2.75) is 11.5 Å². The first-order valence-corrected chi connectivity index (χ1v) is 11.3. The quantitative estimate of drug-likeness (QED) is 0.346. The molecule has 144 valence electrons. The van der Waals surface area contributed by atoms with E-state index in [1.807, 2.05) is 30.3 Å². The molecule has 0 unspecified atom stereocenters. The normalized spacial score (nSPS) is 11.5. The molecule has 0 bridgehead atoms. The van der Waals surface area contributed by atoms with Crippen LogP contribution in [0.2, 0.25) is 0 Å². The van der Waals surface area contributed by atoms with Crippen LogP contribution >= 0.6 is 31.9 Å². The highest BCUT2D eigenvalue weighted by molar-refractivity contribution is 9.10. The number of rotatable bonds is 7. The molecule has 3 aromatic rings. The lowest BCUT2D eigenvalue weighted by Gasteiger charge is -2.10. The first-order chi connectivity index (χ1) is 13.4. The van der Waals surface area contributed by atoms with Crippen LogP contribution in [0.15, 0.2) is 91.7 Å². The number of nitrogens with one attached hydrogen (secondary N) is 1. The fraction of sp³-hybridized carbons (Fsp3) is 0.0500. The Hall–Kier alpha value is -2.16. The van der Waals surface area contributed by atoms with Gasteiger partial charge >= 0.3 is 0 Å². The molecule has 0 saturated carbocycles. The van der Waals surface area contributed by atoms with Crippen molar-refractivity contribution < 1.29 is 13.2 Å². The second kappa shape index (κ2) is 9.36. The van der Waals surface area contributed by atoms with Crippen molar-refractivity contribution in [3.63, 3.8) is 0 Å². The highest BCUT2D eigenvalue weighted by atomic mass is 79.9. The number of halogens is 2. The molecule has 0 fully saturated rings. The second-order valence-electron chi connectivity index (χ2n) is 5.77. The van der Waals surface area contributed by atoms with E-state index in [2.05, 4.69) is 41.8 Å². The minimum Gasteiger partial charge on any atom is -0.488 e. The second-order valence-corrected chi connectivity index (χ2v) is 9.26. The van der Waals surface area contributed by atoms with Gasteiger partial charge in [0.15, 0.2) is 0 Å². The van der Waals surface area contributed by atoms with Gasteiger partial charge in [-0.05, 0) is 48.0 Å². The largest absolute Gasteiger partial charge is 0.488 e. The average molecular weight is 524 g/mol. The summed E-state index contributed by atoms with van der Waals surface area (Å²) in [4.78, 5) is 2.36. The molecule has 5 nitrogen and oxygen atoms in total. The Morgan fingerprint density at radius 3 is 2.43 bits per heavy atom. The average Bonchev–Trinajstić information content (AvgIpc) is 2.68. The van der Waals surface area contributed by atoms with Crippen LogP contribution in [0.25, 0.3) is 0 Å². The van der Waals surface area contributed by atoms with Crippen LogP contribution in [0.5, 0.6) is 5.75 Å². The Morgan fingerprint density at radius 2 is 1.68 bits per heavy atom. The van der Waals surface area contributed by atoms with E-state index in [1.165, 1.54) is 18.3 Å². The SMILES string of the molecule is O=S(=O)(N/N=C\c1cc(Br)ccc1OCc1cccc(Br)c1)c1ccccc1. The van der Waals surface area contributed by atoms with Crippen molar-refractivity contribution in [2.24, 2.45) is 5.10 Å². The van der Waals surface area contributed by atoms with Gasteiger partial charge in [0.05, 0.1) is 11.1 Å². The van der Waals surface area contributed by atoms with Gasteiger partial charge in [-0.2, -0.15) is 13.5 Å². The molecule has 0 amide bonds. The lowest BCUT2D eigenvalue weighted by Crippen LogP contribution is -2.18. The number of ether oxygens (including phenoxy) is 1. The minimum atomic E-state index is -3.72. The van der Waals surface area contributed by atoms with Crippen LogP contribution in [-0.2, 0) is 16.6 Å². The van der Waals surface area contributed by atoms with Crippen molar-refractivity contribution in [1.29, 1.82) is 0 Å². The number of hydrazone groups is 1. The summed E-state index contributed by atoms with van der Waals surface area (Å²) < 4.78 is 32.2. The van der Waals surface area contributed by atoms with E-state index >= 15 is 0 Å². The zero-order valence-electron chi connectivity index (χ0n) is 14.5. The number of benzene rings is 3. The van der Waals surface area contributed by atoms with Crippen molar-refractivity contribution in [3.8, 4) is 5.75 Å². The van der Waals surface area contributed by atoms with Gasteiger partial charge in [-0.3, -0.25) is 0 Å². The van der Waals surface area contributed by atoms with Crippen molar-refractivity contribution >= 4 is 48.1 Å². The minimum absolute atomic E-state index is 0.146. The maximum Gasteiger partial charge on any atom is 0.276 e. The van der Waals surface area contributed by atoms with Crippen LogP contribution in [-0.4, -0.2) is 14.6 Å². The molecule has 0 aliphatic heterocycles. The zero-order valence-corrected chi connectivity index (χ0v) is 18.5. The summed E-state index contributed by atoms with van der Waals surface area (Å²) in [5, 5.41) is 3.89. The van der Waals surface area contributed by atoms with Crippen LogP contribution in [0, 0.1) is 0 Å². The molecular weight excluding hydrogens is 508 g/mol. The van der Waals surface area contributed by atoms with Gasteiger partial charge in [0.25, 0.3) is 10.0 Å². The summed E-state index contributed by atoms with van der Waals surface area (Å²) in [5.74, 6) is 0.589. The summed E-state index contributed by atoms with van der Waals surface area (Å²) in [5.41, 5.74) is 1.64. The fourth-order valence-electron chi connectivity index (χ4n) is 2.36. The van der Waals surface area contributed by atoms with Gasteiger partial charge in [-0.25, -0.2) is 4.83 Å².